The van der Waals surface area contributed by atoms with Crippen molar-refractivity contribution in [2.45, 2.75) is 387 Å². The fourth-order valence-corrected chi connectivity index (χ4v) is 12.5. The maximum Gasteiger partial charge on any atom is 0.472 e. The lowest BCUT2D eigenvalue weighted by atomic mass is 10.00. The normalized spacial score (nSPS) is 14.4. The summed E-state index contributed by atoms with van der Waals surface area (Å²) in [5, 5.41) is 10.6. The Balaban J connectivity index is 5.13. The Labute approximate surface area is 556 Å². The van der Waals surface area contributed by atoms with E-state index < -0.39 is 97.5 Å². The van der Waals surface area contributed by atoms with Gasteiger partial charge in [0, 0.05) is 25.7 Å². The van der Waals surface area contributed by atoms with Crippen LogP contribution in [0.25, 0.3) is 0 Å². The first-order chi connectivity index (χ1) is 43.9. The number of phosphoric ester groups is 2. The summed E-state index contributed by atoms with van der Waals surface area (Å²) >= 11 is 0. The summed E-state index contributed by atoms with van der Waals surface area (Å²) in [4.78, 5) is 72.4. The maximum atomic E-state index is 13.0. The molecule has 0 radical (unpaired) electrons. The fraction of sp³-hybridized carbons (Fsp3) is 0.944. The van der Waals surface area contributed by atoms with Crippen LogP contribution >= 0.6 is 15.6 Å². The number of carbonyl (C=O) groups excluding carboxylic acids is 4. The zero-order valence-electron chi connectivity index (χ0n) is 59.1. The molecule has 6 atom stereocenters. The molecule has 0 saturated carbocycles. The molecule has 0 aliphatic heterocycles. The van der Waals surface area contributed by atoms with Gasteiger partial charge in [-0.2, -0.15) is 0 Å². The van der Waals surface area contributed by atoms with Gasteiger partial charge in [-0.15, -0.1) is 0 Å². The topological polar surface area (TPSA) is 237 Å². The molecule has 91 heavy (non-hydrogen) atoms. The first kappa shape index (κ1) is 89.1. The SMILES string of the molecule is CCCCCCCCCCCCCCCCCCCCCCCCC(=O)O[C@H](COC(=O)CCCCCCCCCCC(C)C)COP(=O)(O)OC[C@@H](O)COP(=O)(O)OC[C@@H](COC(=O)CCCCCCCCCC)OC(=O)CCCCCCCCC(C)CC. The Bertz CT molecular complexity index is 1770. The highest BCUT2D eigenvalue weighted by Gasteiger charge is 2.30. The second-order valence-corrected chi connectivity index (χ2v) is 29.6. The quantitative estimate of drug-likeness (QED) is 0.0222. The molecule has 0 aromatic carbocycles. The molecule has 0 aliphatic carbocycles. The number of hydrogen-bond donors (Lipinski definition) is 3. The van der Waals surface area contributed by atoms with Gasteiger partial charge < -0.3 is 33.8 Å². The van der Waals surface area contributed by atoms with Crippen LogP contribution in [-0.2, 0) is 65.4 Å². The Morgan fingerprint density at radius 2 is 0.560 bits per heavy atom. The van der Waals surface area contributed by atoms with Crippen LogP contribution in [0.2, 0.25) is 0 Å². The molecule has 0 aromatic heterocycles. The molecule has 0 fully saturated rings. The summed E-state index contributed by atoms with van der Waals surface area (Å²) in [5.41, 5.74) is 0. The highest BCUT2D eigenvalue weighted by Crippen LogP contribution is 2.45. The van der Waals surface area contributed by atoms with E-state index in [0.29, 0.717) is 25.7 Å². The predicted molar refractivity (Wildman–Crippen MR) is 368 cm³/mol. The lowest BCUT2D eigenvalue weighted by molar-refractivity contribution is -0.161. The van der Waals surface area contributed by atoms with E-state index in [1.165, 1.54) is 180 Å². The van der Waals surface area contributed by atoms with Crippen LogP contribution in [0.4, 0.5) is 0 Å². The molecule has 0 aromatic rings. The van der Waals surface area contributed by atoms with Gasteiger partial charge in [-0.3, -0.25) is 37.3 Å². The van der Waals surface area contributed by atoms with Gasteiger partial charge in [-0.25, -0.2) is 9.13 Å². The van der Waals surface area contributed by atoms with E-state index in [1.54, 1.807) is 0 Å². The van der Waals surface area contributed by atoms with Crippen molar-refractivity contribution in [2.75, 3.05) is 39.6 Å². The predicted octanol–water partition coefficient (Wildman–Crippen LogP) is 20.8. The number of unbranched alkanes of at least 4 members (excludes halogenated alkanes) is 40. The Morgan fingerprint density at radius 1 is 0.319 bits per heavy atom. The minimum Gasteiger partial charge on any atom is -0.462 e. The maximum absolute atomic E-state index is 13.0. The van der Waals surface area contributed by atoms with E-state index in [1.807, 2.05) is 0 Å². The zero-order chi connectivity index (χ0) is 67.2. The van der Waals surface area contributed by atoms with Crippen molar-refractivity contribution < 1.29 is 80.2 Å². The number of ether oxygens (including phenoxy) is 4. The van der Waals surface area contributed by atoms with Crippen LogP contribution in [0.1, 0.15) is 369 Å². The third kappa shape index (κ3) is 65.1. The highest BCUT2D eigenvalue weighted by atomic mass is 31.2. The summed E-state index contributed by atoms with van der Waals surface area (Å²) in [7, 11) is -9.90. The molecular formula is C72H140O17P2. The van der Waals surface area contributed by atoms with E-state index in [2.05, 4.69) is 41.5 Å². The second-order valence-electron chi connectivity index (χ2n) is 26.7. The average Bonchev–Trinajstić information content (AvgIpc) is 3.52. The number of phosphoric acid groups is 2. The number of rotatable bonds is 71. The molecule has 0 rings (SSSR count). The van der Waals surface area contributed by atoms with Gasteiger partial charge in [0.2, 0.25) is 0 Å². The smallest absolute Gasteiger partial charge is 0.462 e. The van der Waals surface area contributed by atoms with Gasteiger partial charge in [0.15, 0.2) is 12.2 Å². The molecule has 17 nitrogen and oxygen atoms in total. The minimum absolute atomic E-state index is 0.103. The molecular weight excluding hydrogens is 1200 g/mol. The van der Waals surface area contributed by atoms with Gasteiger partial charge in [0.1, 0.15) is 19.3 Å². The summed E-state index contributed by atoms with van der Waals surface area (Å²) in [6.45, 7) is 9.44. The molecule has 0 bridgehead atoms. The first-order valence-electron chi connectivity index (χ1n) is 37.5. The van der Waals surface area contributed by atoms with Crippen molar-refractivity contribution >= 4 is 39.5 Å². The van der Waals surface area contributed by atoms with Gasteiger partial charge in [0.05, 0.1) is 26.4 Å². The monoisotopic (exact) mass is 1340 g/mol. The lowest BCUT2D eigenvalue weighted by Crippen LogP contribution is -2.30. The second kappa shape index (κ2) is 64.1. The van der Waals surface area contributed by atoms with Crippen LogP contribution in [0.3, 0.4) is 0 Å². The number of carbonyl (C=O) groups is 4. The summed E-state index contributed by atoms with van der Waals surface area (Å²) in [6.07, 6.45) is 50.4. The molecule has 3 unspecified atom stereocenters. The third-order valence-corrected chi connectivity index (χ3v) is 19.0. The molecule has 0 spiro atoms. The molecule has 0 saturated heterocycles. The fourth-order valence-electron chi connectivity index (χ4n) is 10.9. The number of aliphatic hydroxyl groups excluding tert-OH is 1. The van der Waals surface area contributed by atoms with Gasteiger partial charge in [-0.05, 0) is 37.5 Å². The van der Waals surface area contributed by atoms with Crippen molar-refractivity contribution in [1.29, 1.82) is 0 Å². The van der Waals surface area contributed by atoms with Crippen LogP contribution in [-0.4, -0.2) is 96.7 Å². The van der Waals surface area contributed by atoms with E-state index in [0.717, 1.165) is 108 Å². The molecule has 540 valence electrons. The highest BCUT2D eigenvalue weighted by molar-refractivity contribution is 7.47. The van der Waals surface area contributed by atoms with E-state index in [-0.39, 0.29) is 25.7 Å². The largest absolute Gasteiger partial charge is 0.472 e. The standard InChI is InChI=1S/C72H140O17P2/c1-7-10-12-14-16-18-19-20-21-22-23-24-25-26-27-28-29-30-31-37-44-50-56-71(76)88-67(60-83-70(75)55-49-43-36-33-32-34-40-46-52-64(4)5)62-86-90(78,79)84-58-66(73)59-85-91(80,81)87-63-68(61-82-69(74)54-48-42-35-17-15-13-11-8-2)89-72(77)57-51-45-39-38-41-47-53-65(6)9-3/h64-68,73H,7-63H2,1-6H3,(H,78,79)(H,80,81)/t65?,66-,67-,68-/m1/s1. The first-order valence-corrected chi connectivity index (χ1v) is 40.5. The lowest BCUT2D eigenvalue weighted by Gasteiger charge is -2.21. The van der Waals surface area contributed by atoms with Gasteiger partial charge in [-0.1, -0.05) is 318 Å². The van der Waals surface area contributed by atoms with Crippen molar-refractivity contribution in [3.05, 3.63) is 0 Å². The summed E-state index contributed by atoms with van der Waals surface area (Å²) in [5.74, 6) is -0.684. The molecule has 0 aliphatic rings. The number of aliphatic hydroxyl groups is 1. The van der Waals surface area contributed by atoms with Crippen LogP contribution in [0, 0.1) is 11.8 Å². The van der Waals surface area contributed by atoms with Crippen molar-refractivity contribution in [1.82, 2.24) is 0 Å². The van der Waals surface area contributed by atoms with Crippen molar-refractivity contribution in [3.63, 3.8) is 0 Å². The van der Waals surface area contributed by atoms with Gasteiger partial charge in [0.25, 0.3) is 0 Å². The minimum atomic E-state index is -4.95. The van der Waals surface area contributed by atoms with Crippen molar-refractivity contribution in [3.8, 4) is 0 Å². The van der Waals surface area contributed by atoms with Crippen molar-refractivity contribution in [2.24, 2.45) is 11.8 Å². The molecule has 19 heteroatoms. The Morgan fingerprint density at radius 3 is 0.835 bits per heavy atom. The summed E-state index contributed by atoms with van der Waals surface area (Å²) in [6, 6.07) is 0. The Kier molecular flexibility index (Phi) is 62.7. The number of hydrogen-bond acceptors (Lipinski definition) is 15. The van der Waals surface area contributed by atoms with Crippen LogP contribution < -0.4 is 0 Å². The number of esters is 4. The van der Waals surface area contributed by atoms with E-state index in [9.17, 15) is 43.2 Å². The molecule has 0 amide bonds. The van der Waals surface area contributed by atoms with Gasteiger partial charge >= 0.3 is 39.5 Å². The third-order valence-electron chi connectivity index (χ3n) is 17.1. The Hall–Kier alpha value is -1.94. The summed E-state index contributed by atoms with van der Waals surface area (Å²) < 4.78 is 68.2. The average molecular weight is 1340 g/mol. The van der Waals surface area contributed by atoms with Crippen LogP contribution in [0.15, 0.2) is 0 Å². The van der Waals surface area contributed by atoms with E-state index in [4.69, 9.17) is 37.0 Å². The van der Waals surface area contributed by atoms with Crippen LogP contribution in [0.5, 0.6) is 0 Å². The molecule has 3 N–H and O–H groups in total. The van der Waals surface area contributed by atoms with E-state index >= 15 is 0 Å². The zero-order valence-corrected chi connectivity index (χ0v) is 60.9. The molecule has 0 heterocycles.